The van der Waals surface area contributed by atoms with Gasteiger partial charge in [-0.1, -0.05) is 5.16 Å². The molecule has 0 saturated heterocycles. The second-order valence-corrected chi connectivity index (χ2v) is 6.90. The highest BCUT2D eigenvalue weighted by molar-refractivity contribution is 5.88. The van der Waals surface area contributed by atoms with Crippen molar-refractivity contribution in [3.05, 3.63) is 0 Å². The van der Waals surface area contributed by atoms with Gasteiger partial charge in [0.05, 0.1) is 6.54 Å². The van der Waals surface area contributed by atoms with Crippen LogP contribution in [0.15, 0.2) is 5.16 Å². The number of hydrogen-bond donors (Lipinski definition) is 2. The monoisotopic (exact) mass is 279 g/mol. The van der Waals surface area contributed by atoms with Gasteiger partial charge in [-0.2, -0.15) is 0 Å². The van der Waals surface area contributed by atoms with Gasteiger partial charge in [0.1, 0.15) is 0 Å². The summed E-state index contributed by atoms with van der Waals surface area (Å²) < 4.78 is 0. The summed E-state index contributed by atoms with van der Waals surface area (Å²) in [6.45, 7) is 2.82. The first-order valence-corrected chi connectivity index (χ1v) is 7.87. The molecule has 0 atom stereocenters. The van der Waals surface area contributed by atoms with E-state index >= 15 is 0 Å². The summed E-state index contributed by atoms with van der Waals surface area (Å²) in [6.07, 6.45) is 6.36. The summed E-state index contributed by atoms with van der Waals surface area (Å²) >= 11 is 0. The molecule has 20 heavy (non-hydrogen) atoms. The predicted octanol–water partition coefficient (Wildman–Crippen LogP) is 1.65. The molecule has 4 aliphatic rings. The zero-order valence-electron chi connectivity index (χ0n) is 12.2. The van der Waals surface area contributed by atoms with Crippen molar-refractivity contribution in [3.8, 4) is 0 Å². The van der Waals surface area contributed by atoms with Crippen molar-refractivity contribution in [2.75, 3.05) is 13.1 Å². The zero-order valence-corrected chi connectivity index (χ0v) is 12.2. The largest absolute Gasteiger partial charge is 0.409 e. The van der Waals surface area contributed by atoms with Gasteiger partial charge in [0, 0.05) is 12.5 Å². The molecule has 0 aromatic rings. The lowest BCUT2D eigenvalue weighted by molar-refractivity contribution is -0.148. The number of hydrogen-bond acceptors (Lipinski definition) is 3. The lowest BCUT2D eigenvalue weighted by Crippen LogP contribution is -2.53. The second kappa shape index (κ2) is 5.26. The van der Waals surface area contributed by atoms with Crippen molar-refractivity contribution in [1.29, 1.82) is 0 Å². The Kier molecular flexibility index (Phi) is 3.61. The fourth-order valence-electron chi connectivity index (χ4n) is 5.11. The van der Waals surface area contributed by atoms with Crippen molar-refractivity contribution >= 4 is 11.7 Å². The van der Waals surface area contributed by atoms with Crippen LogP contribution in [0.25, 0.3) is 0 Å². The highest BCUT2D eigenvalue weighted by Crippen LogP contribution is 2.56. The quantitative estimate of drug-likeness (QED) is 0.355. The minimum Gasteiger partial charge on any atom is -0.409 e. The maximum Gasteiger partial charge on any atom is 0.226 e. The third kappa shape index (κ3) is 2.27. The van der Waals surface area contributed by atoms with Gasteiger partial charge in [-0.15, -0.1) is 0 Å². The molecule has 112 valence electrons. The number of likely N-dealkylation sites (N-methyl/N-ethyl adjacent to an activating group) is 1. The molecule has 3 N–H and O–H groups in total. The summed E-state index contributed by atoms with van der Waals surface area (Å²) in [4.78, 5) is 14.6. The average Bonchev–Trinajstić information content (AvgIpc) is 2.43. The molecule has 0 unspecified atom stereocenters. The maximum absolute atomic E-state index is 12.8. The lowest BCUT2D eigenvalue weighted by atomic mass is 9.51. The Bertz CT molecular complexity index is 393. The number of nitrogens with two attached hydrogens (primary N) is 1. The first-order valence-electron chi connectivity index (χ1n) is 7.87. The van der Waals surface area contributed by atoms with E-state index in [9.17, 15) is 4.79 Å². The van der Waals surface area contributed by atoms with E-state index in [-0.39, 0.29) is 24.2 Å². The Morgan fingerprint density at radius 1 is 1.20 bits per heavy atom. The van der Waals surface area contributed by atoms with E-state index in [1.54, 1.807) is 4.90 Å². The molecule has 4 rings (SSSR count). The molecule has 5 heteroatoms. The van der Waals surface area contributed by atoms with E-state index < -0.39 is 0 Å². The van der Waals surface area contributed by atoms with E-state index in [0.717, 1.165) is 11.8 Å². The molecule has 0 aliphatic heterocycles. The van der Waals surface area contributed by atoms with Crippen LogP contribution in [0.5, 0.6) is 0 Å². The third-order valence-electron chi connectivity index (χ3n) is 5.69. The number of amides is 1. The van der Waals surface area contributed by atoms with Gasteiger partial charge >= 0.3 is 0 Å². The van der Waals surface area contributed by atoms with Crippen LogP contribution in [0.2, 0.25) is 0 Å². The first kappa shape index (κ1) is 13.7. The van der Waals surface area contributed by atoms with Crippen LogP contribution in [0, 0.1) is 29.6 Å². The molecule has 0 aromatic heterocycles. The van der Waals surface area contributed by atoms with Crippen molar-refractivity contribution in [3.63, 3.8) is 0 Å². The highest BCUT2D eigenvalue weighted by atomic mass is 16.4. The summed E-state index contributed by atoms with van der Waals surface area (Å²) in [5.41, 5.74) is 5.57. The van der Waals surface area contributed by atoms with Crippen molar-refractivity contribution in [1.82, 2.24) is 4.90 Å². The Morgan fingerprint density at radius 3 is 2.20 bits per heavy atom. The lowest BCUT2D eigenvalue weighted by Gasteiger charge is -2.54. The first-order chi connectivity index (χ1) is 9.62. The number of rotatable bonds is 4. The highest BCUT2D eigenvalue weighted by Gasteiger charge is 2.51. The van der Waals surface area contributed by atoms with Crippen LogP contribution in [0.4, 0.5) is 0 Å². The molecule has 0 radical (unpaired) electrons. The Labute approximate surface area is 120 Å². The van der Waals surface area contributed by atoms with Crippen LogP contribution in [-0.4, -0.2) is 34.9 Å². The summed E-state index contributed by atoms with van der Waals surface area (Å²) in [5, 5.41) is 11.7. The number of amidine groups is 1. The van der Waals surface area contributed by atoms with E-state index in [4.69, 9.17) is 10.9 Å². The standard InChI is InChI=1S/C15H25N3O2/c1-2-18(8-13(16)17-20)15(19)14-11-4-9-3-10(6-11)7-12(14)5-9/h9-12,14,20H,2-8H2,1H3,(H2,16,17). The van der Waals surface area contributed by atoms with Gasteiger partial charge in [-0.05, 0) is 62.7 Å². The van der Waals surface area contributed by atoms with Crippen LogP contribution >= 0.6 is 0 Å². The summed E-state index contributed by atoms with van der Waals surface area (Å²) in [7, 11) is 0. The van der Waals surface area contributed by atoms with Gasteiger partial charge in [0.2, 0.25) is 5.91 Å². The smallest absolute Gasteiger partial charge is 0.226 e. The molecule has 4 bridgehead atoms. The number of nitrogens with zero attached hydrogens (tertiary/aromatic N) is 2. The molecule has 4 aliphatic carbocycles. The molecule has 0 spiro atoms. The van der Waals surface area contributed by atoms with E-state index in [1.165, 1.54) is 32.1 Å². The topological polar surface area (TPSA) is 78.9 Å². The average molecular weight is 279 g/mol. The van der Waals surface area contributed by atoms with E-state index in [2.05, 4.69) is 5.16 Å². The normalized spacial score (nSPS) is 39.0. The van der Waals surface area contributed by atoms with Gasteiger partial charge in [-0.25, -0.2) is 0 Å². The SMILES string of the molecule is CCN(CC(N)=NO)C(=O)C1C2CC3CC(C2)CC1C3. The van der Waals surface area contributed by atoms with E-state index in [1.807, 2.05) is 6.92 Å². The van der Waals surface area contributed by atoms with Crippen molar-refractivity contribution in [2.24, 2.45) is 40.5 Å². The van der Waals surface area contributed by atoms with Gasteiger partial charge in [0.25, 0.3) is 0 Å². The van der Waals surface area contributed by atoms with Crippen LogP contribution in [0.3, 0.4) is 0 Å². The zero-order chi connectivity index (χ0) is 14.3. The summed E-state index contributed by atoms with van der Waals surface area (Å²) in [6, 6.07) is 0. The van der Waals surface area contributed by atoms with Crippen LogP contribution in [0.1, 0.15) is 39.0 Å². The van der Waals surface area contributed by atoms with Crippen LogP contribution in [-0.2, 0) is 4.79 Å². The van der Waals surface area contributed by atoms with Crippen molar-refractivity contribution < 1.29 is 10.0 Å². The molecule has 0 heterocycles. The molecule has 4 saturated carbocycles. The predicted molar refractivity (Wildman–Crippen MR) is 76.2 cm³/mol. The minimum absolute atomic E-state index is 0.115. The number of carbonyl (C=O) groups is 1. The minimum atomic E-state index is 0.115. The van der Waals surface area contributed by atoms with Crippen LogP contribution < -0.4 is 5.73 Å². The van der Waals surface area contributed by atoms with E-state index in [0.29, 0.717) is 18.4 Å². The summed E-state index contributed by atoms with van der Waals surface area (Å²) in [5.74, 6) is 3.45. The molecule has 4 fully saturated rings. The Balaban J connectivity index is 1.73. The Morgan fingerprint density at radius 2 is 1.75 bits per heavy atom. The molecular weight excluding hydrogens is 254 g/mol. The van der Waals surface area contributed by atoms with Gasteiger partial charge in [0.15, 0.2) is 5.84 Å². The number of carbonyl (C=O) groups excluding carboxylic acids is 1. The molecule has 1 amide bonds. The molecule has 5 nitrogen and oxygen atoms in total. The fourth-order valence-corrected chi connectivity index (χ4v) is 5.11. The number of oxime groups is 1. The maximum atomic E-state index is 12.8. The van der Waals surface area contributed by atoms with Gasteiger partial charge in [-0.3, -0.25) is 4.79 Å². The molecule has 0 aromatic carbocycles. The Hall–Kier alpha value is -1.26. The van der Waals surface area contributed by atoms with Crippen molar-refractivity contribution in [2.45, 2.75) is 39.0 Å². The third-order valence-corrected chi connectivity index (χ3v) is 5.69. The van der Waals surface area contributed by atoms with Gasteiger partial charge < -0.3 is 15.8 Å². The second-order valence-electron chi connectivity index (χ2n) is 6.90. The molecular formula is C15H25N3O2. The fraction of sp³-hybridized carbons (Fsp3) is 0.867.